The summed E-state index contributed by atoms with van der Waals surface area (Å²) in [5.41, 5.74) is 0. The number of carbonyl (C=O) groups is 1. The summed E-state index contributed by atoms with van der Waals surface area (Å²) in [5.74, 6) is -0.199. The molecule has 2 heteroatoms. The van der Waals surface area contributed by atoms with Crippen molar-refractivity contribution in [1.82, 2.24) is 0 Å². The molecule has 0 aromatic rings. The van der Waals surface area contributed by atoms with Gasteiger partial charge in [-0.25, -0.2) is 4.79 Å². The molecule has 1 aliphatic heterocycles. The highest BCUT2D eigenvalue weighted by molar-refractivity contribution is 5.81. The molecule has 0 N–H and O–H groups in total. The zero-order valence-electron chi connectivity index (χ0n) is 5.30. The number of ether oxygens (including phenoxy) is 1. The van der Waals surface area contributed by atoms with Crippen LogP contribution in [-0.2, 0) is 9.53 Å². The number of cyclic esters (lactones) is 1. The standard InChI is InChI=1S/C7H10O2/c8-7-5-3-1-2-4-6-9-7/h3,5H,1-2,4,6H2/b5-3-. The van der Waals surface area contributed by atoms with Crippen molar-refractivity contribution in [3.05, 3.63) is 12.2 Å². The number of hydrogen-bond acceptors (Lipinski definition) is 2. The van der Waals surface area contributed by atoms with Crippen molar-refractivity contribution in [3.63, 3.8) is 0 Å². The fourth-order valence-corrected chi connectivity index (χ4v) is 0.765. The average Bonchev–Trinajstić information content (AvgIpc) is 1.79. The maximum atomic E-state index is 10.5. The molecule has 50 valence electrons. The largest absolute Gasteiger partial charge is 0.463 e. The molecule has 0 aromatic carbocycles. The van der Waals surface area contributed by atoms with E-state index in [0.717, 1.165) is 19.3 Å². The Kier molecular flexibility index (Phi) is 2.31. The molecule has 1 rings (SSSR count). The van der Waals surface area contributed by atoms with Crippen molar-refractivity contribution in [1.29, 1.82) is 0 Å². The molecule has 0 radical (unpaired) electrons. The van der Waals surface area contributed by atoms with Crippen molar-refractivity contribution >= 4 is 5.97 Å². The van der Waals surface area contributed by atoms with E-state index in [-0.39, 0.29) is 5.97 Å². The summed E-state index contributed by atoms with van der Waals surface area (Å²) >= 11 is 0. The number of esters is 1. The highest BCUT2D eigenvalue weighted by Gasteiger charge is 1.98. The van der Waals surface area contributed by atoms with Crippen LogP contribution in [0.5, 0.6) is 0 Å². The molecule has 0 saturated heterocycles. The lowest BCUT2D eigenvalue weighted by atomic mass is 10.2. The monoisotopic (exact) mass is 126 g/mol. The van der Waals surface area contributed by atoms with Crippen molar-refractivity contribution in [2.45, 2.75) is 19.3 Å². The normalized spacial score (nSPS) is 23.8. The van der Waals surface area contributed by atoms with Gasteiger partial charge in [0.05, 0.1) is 6.61 Å². The van der Waals surface area contributed by atoms with Crippen LogP contribution in [0.1, 0.15) is 19.3 Å². The van der Waals surface area contributed by atoms with E-state index in [0.29, 0.717) is 6.61 Å². The second-order valence-corrected chi connectivity index (χ2v) is 2.07. The molecular formula is C7H10O2. The van der Waals surface area contributed by atoms with Gasteiger partial charge in [-0.3, -0.25) is 0 Å². The van der Waals surface area contributed by atoms with E-state index in [2.05, 4.69) is 0 Å². The number of rotatable bonds is 0. The highest BCUT2D eigenvalue weighted by atomic mass is 16.5. The van der Waals surface area contributed by atoms with Crippen LogP contribution in [0, 0.1) is 0 Å². The lowest BCUT2D eigenvalue weighted by molar-refractivity contribution is -0.138. The fourth-order valence-electron chi connectivity index (χ4n) is 0.765. The lowest BCUT2D eigenvalue weighted by Gasteiger charge is -2.02. The molecule has 0 unspecified atom stereocenters. The molecular weight excluding hydrogens is 116 g/mol. The van der Waals surface area contributed by atoms with E-state index in [1.54, 1.807) is 0 Å². The second-order valence-electron chi connectivity index (χ2n) is 2.07. The molecule has 0 saturated carbocycles. The molecule has 0 fully saturated rings. The van der Waals surface area contributed by atoms with Gasteiger partial charge in [0.2, 0.25) is 0 Å². The fraction of sp³-hybridized carbons (Fsp3) is 0.571. The predicted octanol–water partition coefficient (Wildman–Crippen LogP) is 1.27. The van der Waals surface area contributed by atoms with Gasteiger partial charge >= 0.3 is 5.97 Å². The Morgan fingerprint density at radius 3 is 3.22 bits per heavy atom. The van der Waals surface area contributed by atoms with Crippen LogP contribution in [-0.4, -0.2) is 12.6 Å². The van der Waals surface area contributed by atoms with E-state index in [9.17, 15) is 4.79 Å². The summed E-state index contributed by atoms with van der Waals surface area (Å²) in [5, 5.41) is 0. The van der Waals surface area contributed by atoms with Gasteiger partial charge < -0.3 is 4.74 Å². The molecule has 0 atom stereocenters. The van der Waals surface area contributed by atoms with E-state index in [1.807, 2.05) is 6.08 Å². The average molecular weight is 126 g/mol. The molecule has 0 aliphatic carbocycles. The first-order valence-electron chi connectivity index (χ1n) is 3.23. The van der Waals surface area contributed by atoms with Crippen molar-refractivity contribution < 1.29 is 9.53 Å². The van der Waals surface area contributed by atoms with Crippen molar-refractivity contribution in [3.8, 4) is 0 Å². The van der Waals surface area contributed by atoms with Crippen LogP contribution in [0.25, 0.3) is 0 Å². The third kappa shape index (κ3) is 2.31. The van der Waals surface area contributed by atoms with E-state index >= 15 is 0 Å². The Labute approximate surface area is 54.5 Å². The van der Waals surface area contributed by atoms with Crippen LogP contribution in [0.4, 0.5) is 0 Å². The maximum absolute atomic E-state index is 10.5. The van der Waals surface area contributed by atoms with Gasteiger partial charge in [-0.05, 0) is 19.3 Å². The highest BCUT2D eigenvalue weighted by Crippen LogP contribution is 2.01. The van der Waals surface area contributed by atoms with Gasteiger partial charge in [0, 0.05) is 6.08 Å². The molecule has 0 amide bonds. The van der Waals surface area contributed by atoms with E-state index in [1.165, 1.54) is 6.08 Å². The zero-order chi connectivity index (χ0) is 6.53. The minimum absolute atomic E-state index is 0.199. The first kappa shape index (κ1) is 6.33. The number of carbonyl (C=O) groups excluding carboxylic acids is 1. The molecule has 9 heavy (non-hydrogen) atoms. The summed E-state index contributed by atoms with van der Waals surface area (Å²) in [6.45, 7) is 0.586. The molecule has 1 aliphatic rings. The molecule has 1 heterocycles. The number of hydrogen-bond donors (Lipinski definition) is 0. The Bertz CT molecular complexity index is 127. The summed E-state index contributed by atoms with van der Waals surface area (Å²) in [4.78, 5) is 10.5. The summed E-state index contributed by atoms with van der Waals surface area (Å²) in [6, 6.07) is 0. The van der Waals surface area contributed by atoms with Gasteiger partial charge in [-0.1, -0.05) is 6.08 Å². The maximum Gasteiger partial charge on any atom is 0.330 e. The first-order chi connectivity index (χ1) is 4.39. The number of allylic oxidation sites excluding steroid dienone is 1. The molecule has 0 spiro atoms. The zero-order valence-corrected chi connectivity index (χ0v) is 5.30. The SMILES string of the molecule is O=C1/C=C\CCCCO1. The summed E-state index contributed by atoms with van der Waals surface area (Å²) in [6.07, 6.45) is 6.50. The quantitative estimate of drug-likeness (QED) is 0.457. The lowest BCUT2D eigenvalue weighted by Crippen LogP contribution is -2.03. The van der Waals surface area contributed by atoms with E-state index < -0.39 is 0 Å². The summed E-state index contributed by atoms with van der Waals surface area (Å²) in [7, 11) is 0. The minimum Gasteiger partial charge on any atom is -0.463 e. The van der Waals surface area contributed by atoms with Gasteiger partial charge in [0.1, 0.15) is 0 Å². The van der Waals surface area contributed by atoms with Crippen LogP contribution < -0.4 is 0 Å². The Balaban J connectivity index is 2.39. The topological polar surface area (TPSA) is 26.3 Å². The smallest absolute Gasteiger partial charge is 0.330 e. The van der Waals surface area contributed by atoms with Crippen LogP contribution in [0.15, 0.2) is 12.2 Å². The third-order valence-corrected chi connectivity index (χ3v) is 1.26. The van der Waals surface area contributed by atoms with Gasteiger partial charge in [-0.15, -0.1) is 0 Å². The van der Waals surface area contributed by atoms with Crippen LogP contribution in [0.3, 0.4) is 0 Å². The molecule has 0 aromatic heterocycles. The van der Waals surface area contributed by atoms with Gasteiger partial charge in [-0.2, -0.15) is 0 Å². The van der Waals surface area contributed by atoms with Gasteiger partial charge in [0.15, 0.2) is 0 Å². The Morgan fingerprint density at radius 2 is 2.33 bits per heavy atom. The summed E-state index contributed by atoms with van der Waals surface area (Å²) < 4.78 is 4.76. The minimum atomic E-state index is -0.199. The Hall–Kier alpha value is -0.790. The Morgan fingerprint density at radius 1 is 1.44 bits per heavy atom. The van der Waals surface area contributed by atoms with Crippen molar-refractivity contribution in [2.24, 2.45) is 0 Å². The van der Waals surface area contributed by atoms with Crippen LogP contribution in [0.2, 0.25) is 0 Å². The molecule has 2 nitrogen and oxygen atoms in total. The molecule has 0 bridgehead atoms. The van der Waals surface area contributed by atoms with Crippen molar-refractivity contribution in [2.75, 3.05) is 6.61 Å². The second kappa shape index (κ2) is 3.28. The predicted molar refractivity (Wildman–Crippen MR) is 33.9 cm³/mol. The van der Waals surface area contributed by atoms with Crippen LogP contribution >= 0.6 is 0 Å². The van der Waals surface area contributed by atoms with Gasteiger partial charge in [0.25, 0.3) is 0 Å². The third-order valence-electron chi connectivity index (χ3n) is 1.26. The first-order valence-corrected chi connectivity index (χ1v) is 3.23. The van der Waals surface area contributed by atoms with E-state index in [4.69, 9.17) is 4.74 Å².